The first-order valence-electron chi connectivity index (χ1n) is 5.23. The molecule has 1 aliphatic rings. The van der Waals surface area contributed by atoms with Crippen molar-refractivity contribution in [2.24, 2.45) is 5.92 Å². The highest BCUT2D eigenvalue weighted by atomic mass is 32.2. The Morgan fingerprint density at radius 3 is 2.31 bits per heavy atom. The standard InChI is InChI=1S/C9H18N2O4S/c1-10(6-5-9(12)13)16(14,15)11(2)7-8-3-4-8/h8H,3-7H2,1-2H3,(H,12,13). The van der Waals surface area contributed by atoms with Crippen molar-refractivity contribution in [2.75, 3.05) is 27.2 Å². The molecule has 0 heterocycles. The van der Waals surface area contributed by atoms with Gasteiger partial charge < -0.3 is 5.11 Å². The van der Waals surface area contributed by atoms with Gasteiger partial charge in [-0.05, 0) is 18.8 Å². The number of carboxylic acid groups (broad SMARTS) is 1. The highest BCUT2D eigenvalue weighted by Crippen LogP contribution is 2.30. The van der Waals surface area contributed by atoms with Crippen LogP contribution in [0.1, 0.15) is 19.3 Å². The lowest BCUT2D eigenvalue weighted by Crippen LogP contribution is -2.41. The normalized spacial score (nSPS) is 17.0. The maximum Gasteiger partial charge on any atom is 0.304 e. The highest BCUT2D eigenvalue weighted by molar-refractivity contribution is 7.86. The Balaban J connectivity index is 2.49. The van der Waals surface area contributed by atoms with E-state index in [1.807, 2.05) is 0 Å². The molecular formula is C9H18N2O4S. The van der Waals surface area contributed by atoms with Gasteiger partial charge >= 0.3 is 5.97 Å². The zero-order chi connectivity index (χ0) is 12.3. The zero-order valence-electron chi connectivity index (χ0n) is 9.59. The molecular weight excluding hydrogens is 232 g/mol. The van der Waals surface area contributed by atoms with Crippen LogP contribution in [-0.4, -0.2) is 55.3 Å². The van der Waals surface area contributed by atoms with Crippen LogP contribution < -0.4 is 0 Å². The van der Waals surface area contributed by atoms with Gasteiger partial charge in [-0.15, -0.1) is 0 Å². The molecule has 0 atom stereocenters. The summed E-state index contributed by atoms with van der Waals surface area (Å²) in [6, 6.07) is 0. The van der Waals surface area contributed by atoms with Crippen molar-refractivity contribution in [3.8, 4) is 0 Å². The smallest absolute Gasteiger partial charge is 0.304 e. The van der Waals surface area contributed by atoms with Crippen LogP contribution in [0.3, 0.4) is 0 Å². The number of nitrogens with zero attached hydrogens (tertiary/aromatic N) is 2. The monoisotopic (exact) mass is 250 g/mol. The minimum absolute atomic E-state index is 0.00662. The van der Waals surface area contributed by atoms with Gasteiger partial charge in [-0.2, -0.15) is 17.0 Å². The summed E-state index contributed by atoms with van der Waals surface area (Å²) in [5.41, 5.74) is 0. The van der Waals surface area contributed by atoms with E-state index in [4.69, 9.17) is 5.11 Å². The number of carbonyl (C=O) groups is 1. The molecule has 94 valence electrons. The molecule has 1 N–H and O–H groups in total. The molecule has 0 aliphatic heterocycles. The maximum atomic E-state index is 11.9. The second-order valence-electron chi connectivity index (χ2n) is 4.20. The van der Waals surface area contributed by atoms with Gasteiger partial charge in [0.1, 0.15) is 0 Å². The quantitative estimate of drug-likeness (QED) is 0.689. The molecule has 0 amide bonds. The Morgan fingerprint density at radius 1 is 1.31 bits per heavy atom. The minimum Gasteiger partial charge on any atom is -0.481 e. The van der Waals surface area contributed by atoms with E-state index in [0.717, 1.165) is 17.1 Å². The van der Waals surface area contributed by atoms with E-state index in [1.165, 1.54) is 18.4 Å². The van der Waals surface area contributed by atoms with Crippen molar-refractivity contribution >= 4 is 16.2 Å². The molecule has 0 radical (unpaired) electrons. The third-order valence-electron chi connectivity index (χ3n) is 2.64. The van der Waals surface area contributed by atoms with Gasteiger partial charge in [0.15, 0.2) is 0 Å². The molecule has 1 fully saturated rings. The number of hydrogen-bond acceptors (Lipinski definition) is 3. The lowest BCUT2D eigenvalue weighted by Gasteiger charge is -2.23. The Labute approximate surface area is 96.0 Å². The molecule has 7 heteroatoms. The van der Waals surface area contributed by atoms with Crippen molar-refractivity contribution in [2.45, 2.75) is 19.3 Å². The van der Waals surface area contributed by atoms with Gasteiger partial charge in [0.2, 0.25) is 0 Å². The summed E-state index contributed by atoms with van der Waals surface area (Å²) in [5.74, 6) is -0.514. The molecule has 0 aromatic heterocycles. The van der Waals surface area contributed by atoms with Crippen LogP contribution in [0.4, 0.5) is 0 Å². The SMILES string of the molecule is CN(CCC(=O)O)S(=O)(=O)N(C)CC1CC1. The fourth-order valence-electron chi connectivity index (χ4n) is 1.36. The summed E-state index contributed by atoms with van der Waals surface area (Å²) in [6.45, 7) is 0.534. The molecule has 0 bridgehead atoms. The molecule has 16 heavy (non-hydrogen) atoms. The number of aliphatic carboxylic acids is 1. The van der Waals surface area contributed by atoms with Gasteiger partial charge in [-0.3, -0.25) is 4.79 Å². The third-order valence-corrected chi connectivity index (χ3v) is 4.55. The molecule has 0 unspecified atom stereocenters. The van der Waals surface area contributed by atoms with Crippen LogP contribution in [0.15, 0.2) is 0 Å². The van der Waals surface area contributed by atoms with Crippen molar-refractivity contribution in [3.05, 3.63) is 0 Å². The zero-order valence-corrected chi connectivity index (χ0v) is 10.4. The van der Waals surface area contributed by atoms with Gasteiger partial charge in [0.25, 0.3) is 10.2 Å². The van der Waals surface area contributed by atoms with Gasteiger partial charge in [-0.1, -0.05) is 0 Å². The Morgan fingerprint density at radius 2 is 1.88 bits per heavy atom. The van der Waals surface area contributed by atoms with Crippen molar-refractivity contribution in [3.63, 3.8) is 0 Å². The largest absolute Gasteiger partial charge is 0.481 e. The summed E-state index contributed by atoms with van der Waals surface area (Å²) in [4.78, 5) is 10.4. The Kier molecular flexibility index (Phi) is 4.28. The molecule has 6 nitrogen and oxygen atoms in total. The summed E-state index contributed by atoms with van der Waals surface area (Å²) in [6.07, 6.45) is 1.99. The maximum absolute atomic E-state index is 11.9. The van der Waals surface area contributed by atoms with Crippen LogP contribution >= 0.6 is 0 Å². The van der Waals surface area contributed by atoms with Crippen LogP contribution in [0.25, 0.3) is 0 Å². The first-order valence-corrected chi connectivity index (χ1v) is 6.63. The summed E-state index contributed by atoms with van der Waals surface area (Å²) < 4.78 is 26.1. The van der Waals surface area contributed by atoms with Crippen molar-refractivity contribution < 1.29 is 18.3 Å². The topological polar surface area (TPSA) is 77.9 Å². The predicted molar refractivity (Wildman–Crippen MR) is 59.2 cm³/mol. The summed E-state index contributed by atoms with van der Waals surface area (Å²) in [5, 5.41) is 8.49. The second kappa shape index (κ2) is 5.11. The fraction of sp³-hybridized carbons (Fsp3) is 0.889. The van der Waals surface area contributed by atoms with E-state index in [2.05, 4.69) is 0 Å². The average molecular weight is 250 g/mol. The fourth-order valence-corrected chi connectivity index (χ4v) is 2.56. The molecule has 0 aromatic rings. The molecule has 1 aliphatic carbocycles. The van der Waals surface area contributed by atoms with Gasteiger partial charge in [-0.25, -0.2) is 0 Å². The molecule has 0 spiro atoms. The lowest BCUT2D eigenvalue weighted by molar-refractivity contribution is -0.137. The van der Waals surface area contributed by atoms with Gasteiger partial charge in [0, 0.05) is 27.2 Å². The Hall–Kier alpha value is -0.660. The van der Waals surface area contributed by atoms with E-state index in [9.17, 15) is 13.2 Å². The van der Waals surface area contributed by atoms with E-state index < -0.39 is 16.2 Å². The third kappa shape index (κ3) is 3.73. The molecule has 0 aromatic carbocycles. The first kappa shape index (κ1) is 13.4. The summed E-state index contributed by atoms with van der Waals surface area (Å²) in [7, 11) is -0.549. The van der Waals surface area contributed by atoms with Crippen molar-refractivity contribution in [1.82, 2.24) is 8.61 Å². The predicted octanol–water partition coefficient (Wildman–Crippen LogP) is -0.0205. The van der Waals surface area contributed by atoms with E-state index in [0.29, 0.717) is 12.5 Å². The number of hydrogen-bond donors (Lipinski definition) is 1. The highest BCUT2D eigenvalue weighted by Gasteiger charge is 2.30. The number of rotatable bonds is 7. The average Bonchev–Trinajstić information content (AvgIpc) is 2.97. The van der Waals surface area contributed by atoms with E-state index in [-0.39, 0.29) is 13.0 Å². The molecule has 1 rings (SSSR count). The van der Waals surface area contributed by atoms with Gasteiger partial charge in [0.05, 0.1) is 6.42 Å². The summed E-state index contributed by atoms with van der Waals surface area (Å²) >= 11 is 0. The van der Waals surface area contributed by atoms with Crippen LogP contribution in [0.5, 0.6) is 0 Å². The van der Waals surface area contributed by atoms with Crippen LogP contribution in [0, 0.1) is 5.92 Å². The Bertz CT molecular complexity index is 351. The van der Waals surface area contributed by atoms with Crippen LogP contribution in [0.2, 0.25) is 0 Å². The van der Waals surface area contributed by atoms with Crippen molar-refractivity contribution in [1.29, 1.82) is 0 Å². The number of carboxylic acids is 1. The lowest BCUT2D eigenvalue weighted by atomic mass is 10.4. The van der Waals surface area contributed by atoms with E-state index in [1.54, 1.807) is 0 Å². The first-order chi connectivity index (χ1) is 7.34. The minimum atomic E-state index is -3.49. The van der Waals surface area contributed by atoms with Crippen LogP contribution in [-0.2, 0) is 15.0 Å². The molecule has 0 saturated heterocycles. The van der Waals surface area contributed by atoms with E-state index >= 15 is 0 Å². The molecule has 1 saturated carbocycles. The second-order valence-corrected chi connectivity index (χ2v) is 6.34.